The summed E-state index contributed by atoms with van der Waals surface area (Å²) in [4.78, 5) is 3.92. The lowest BCUT2D eigenvalue weighted by Gasteiger charge is -2.09. The molecule has 0 amide bonds. The number of hydrogen-bond donors (Lipinski definition) is 1. The molecule has 1 aromatic heterocycles. The maximum Gasteiger partial charge on any atom is 0.132 e. The molecule has 17 heavy (non-hydrogen) atoms. The molecule has 0 fully saturated rings. The fourth-order valence-electron chi connectivity index (χ4n) is 1.59. The van der Waals surface area contributed by atoms with Crippen molar-refractivity contribution in [2.24, 2.45) is 0 Å². The summed E-state index contributed by atoms with van der Waals surface area (Å²) in [5, 5.41) is 0. The molecule has 2 aromatic rings. The molecule has 0 saturated carbocycles. The average Bonchev–Trinajstić information content (AvgIpc) is 2.26. The standard InChI is InChI=1S/C13H13BrN2O/c1-8-5-11(6-9(2)13(8)14)17-10-3-4-16-12(15)7-10/h3-7H,1-2H3,(H2,15,16). The Morgan fingerprint density at radius 2 is 1.76 bits per heavy atom. The zero-order valence-corrected chi connectivity index (χ0v) is 11.3. The molecule has 1 heterocycles. The maximum absolute atomic E-state index is 5.74. The van der Waals surface area contributed by atoms with Gasteiger partial charge in [-0.05, 0) is 43.2 Å². The molecule has 0 unspecified atom stereocenters. The number of pyridine rings is 1. The van der Waals surface area contributed by atoms with Gasteiger partial charge in [0.15, 0.2) is 0 Å². The van der Waals surface area contributed by atoms with Crippen LogP contribution in [0.4, 0.5) is 5.82 Å². The van der Waals surface area contributed by atoms with Gasteiger partial charge >= 0.3 is 0 Å². The lowest BCUT2D eigenvalue weighted by atomic mass is 10.1. The molecular formula is C13H13BrN2O. The quantitative estimate of drug-likeness (QED) is 0.915. The highest BCUT2D eigenvalue weighted by Gasteiger charge is 2.04. The van der Waals surface area contributed by atoms with E-state index in [2.05, 4.69) is 20.9 Å². The molecule has 0 radical (unpaired) electrons. The highest BCUT2D eigenvalue weighted by Crippen LogP contribution is 2.29. The number of benzene rings is 1. The van der Waals surface area contributed by atoms with Crippen LogP contribution in [0.2, 0.25) is 0 Å². The van der Waals surface area contributed by atoms with Crippen molar-refractivity contribution >= 4 is 21.7 Å². The Balaban J connectivity index is 2.31. The molecule has 1 aromatic carbocycles. The summed E-state index contributed by atoms with van der Waals surface area (Å²) in [5.74, 6) is 1.94. The van der Waals surface area contributed by atoms with E-state index >= 15 is 0 Å². The van der Waals surface area contributed by atoms with Crippen molar-refractivity contribution in [3.63, 3.8) is 0 Å². The SMILES string of the molecule is Cc1cc(Oc2ccnc(N)c2)cc(C)c1Br. The van der Waals surface area contributed by atoms with Gasteiger partial charge in [-0.2, -0.15) is 0 Å². The largest absolute Gasteiger partial charge is 0.457 e. The summed E-state index contributed by atoms with van der Waals surface area (Å²) >= 11 is 3.52. The van der Waals surface area contributed by atoms with Gasteiger partial charge in [0, 0.05) is 16.7 Å². The van der Waals surface area contributed by atoms with E-state index in [1.165, 1.54) is 0 Å². The van der Waals surface area contributed by atoms with Gasteiger partial charge in [0.2, 0.25) is 0 Å². The van der Waals surface area contributed by atoms with Crippen molar-refractivity contribution in [2.75, 3.05) is 5.73 Å². The molecule has 4 heteroatoms. The van der Waals surface area contributed by atoms with Crippen LogP contribution in [0.15, 0.2) is 34.9 Å². The van der Waals surface area contributed by atoms with E-state index in [9.17, 15) is 0 Å². The van der Waals surface area contributed by atoms with Crippen LogP contribution in [0.25, 0.3) is 0 Å². The van der Waals surface area contributed by atoms with E-state index in [4.69, 9.17) is 10.5 Å². The Morgan fingerprint density at radius 1 is 1.12 bits per heavy atom. The number of aromatic nitrogens is 1. The van der Waals surface area contributed by atoms with E-state index in [-0.39, 0.29) is 0 Å². The smallest absolute Gasteiger partial charge is 0.132 e. The zero-order chi connectivity index (χ0) is 12.4. The summed E-state index contributed by atoms with van der Waals surface area (Å²) in [6.45, 7) is 4.07. The van der Waals surface area contributed by atoms with E-state index in [1.807, 2.05) is 26.0 Å². The maximum atomic E-state index is 5.74. The molecule has 3 nitrogen and oxygen atoms in total. The van der Waals surface area contributed by atoms with E-state index in [0.29, 0.717) is 11.6 Å². The van der Waals surface area contributed by atoms with Crippen molar-refractivity contribution in [1.29, 1.82) is 0 Å². The molecule has 0 aliphatic rings. The first-order valence-electron chi connectivity index (χ1n) is 5.22. The molecule has 0 bridgehead atoms. The van der Waals surface area contributed by atoms with Crippen molar-refractivity contribution in [1.82, 2.24) is 4.98 Å². The van der Waals surface area contributed by atoms with Crippen LogP contribution in [0.1, 0.15) is 11.1 Å². The fourth-order valence-corrected chi connectivity index (χ4v) is 1.82. The third-order valence-corrected chi connectivity index (χ3v) is 3.65. The van der Waals surface area contributed by atoms with Crippen LogP contribution >= 0.6 is 15.9 Å². The van der Waals surface area contributed by atoms with E-state index < -0.39 is 0 Å². The number of anilines is 1. The van der Waals surface area contributed by atoms with Crippen LogP contribution in [-0.2, 0) is 0 Å². The van der Waals surface area contributed by atoms with Crippen LogP contribution in [-0.4, -0.2) is 4.98 Å². The summed E-state index contributed by atoms with van der Waals surface area (Å²) in [5.41, 5.74) is 7.88. The third kappa shape index (κ3) is 2.77. The lowest BCUT2D eigenvalue weighted by Crippen LogP contribution is -1.92. The average molecular weight is 293 g/mol. The minimum atomic E-state index is 0.452. The van der Waals surface area contributed by atoms with E-state index in [0.717, 1.165) is 21.3 Å². The van der Waals surface area contributed by atoms with Crippen LogP contribution in [0.5, 0.6) is 11.5 Å². The van der Waals surface area contributed by atoms with Gasteiger partial charge in [-0.15, -0.1) is 0 Å². The third-order valence-electron chi connectivity index (χ3n) is 2.40. The van der Waals surface area contributed by atoms with Crippen LogP contribution in [0.3, 0.4) is 0 Å². The van der Waals surface area contributed by atoms with Gasteiger partial charge in [0.05, 0.1) is 0 Å². The van der Waals surface area contributed by atoms with Crippen LogP contribution in [0, 0.1) is 13.8 Å². The Bertz CT molecular complexity index is 532. The summed E-state index contributed by atoms with van der Waals surface area (Å²) in [6.07, 6.45) is 1.63. The van der Waals surface area contributed by atoms with Crippen molar-refractivity contribution < 1.29 is 4.74 Å². The molecule has 0 saturated heterocycles. The van der Waals surface area contributed by atoms with Crippen molar-refractivity contribution in [3.05, 3.63) is 46.1 Å². The predicted octanol–water partition coefficient (Wildman–Crippen LogP) is 3.84. The van der Waals surface area contributed by atoms with E-state index in [1.54, 1.807) is 18.3 Å². The molecule has 0 atom stereocenters. The fraction of sp³-hybridized carbons (Fsp3) is 0.154. The van der Waals surface area contributed by atoms with Gasteiger partial charge in [-0.1, -0.05) is 15.9 Å². The number of nitrogens with two attached hydrogens (primary N) is 1. The highest BCUT2D eigenvalue weighted by molar-refractivity contribution is 9.10. The summed E-state index contributed by atoms with van der Waals surface area (Å²) in [6, 6.07) is 7.44. The van der Waals surface area contributed by atoms with Gasteiger partial charge < -0.3 is 10.5 Å². The topological polar surface area (TPSA) is 48.1 Å². The second-order valence-corrected chi connectivity index (χ2v) is 4.68. The van der Waals surface area contributed by atoms with Gasteiger partial charge in [0.1, 0.15) is 17.3 Å². The number of aryl methyl sites for hydroxylation is 2. The minimum absolute atomic E-state index is 0.452. The van der Waals surface area contributed by atoms with Crippen LogP contribution < -0.4 is 10.5 Å². The monoisotopic (exact) mass is 292 g/mol. The first kappa shape index (κ1) is 11.9. The molecule has 2 rings (SSSR count). The zero-order valence-electron chi connectivity index (χ0n) is 9.70. The summed E-state index contributed by atoms with van der Waals surface area (Å²) in [7, 11) is 0. The minimum Gasteiger partial charge on any atom is -0.457 e. The summed E-state index contributed by atoms with van der Waals surface area (Å²) < 4.78 is 6.85. The lowest BCUT2D eigenvalue weighted by molar-refractivity contribution is 0.481. The Morgan fingerprint density at radius 3 is 2.35 bits per heavy atom. The van der Waals surface area contributed by atoms with Crippen molar-refractivity contribution in [3.8, 4) is 11.5 Å². The number of nitrogens with zero attached hydrogens (tertiary/aromatic N) is 1. The molecule has 0 aliphatic carbocycles. The number of halogens is 1. The van der Waals surface area contributed by atoms with Gasteiger partial charge in [-0.3, -0.25) is 0 Å². The second-order valence-electron chi connectivity index (χ2n) is 3.89. The first-order chi connectivity index (χ1) is 8.06. The molecule has 0 spiro atoms. The predicted molar refractivity (Wildman–Crippen MR) is 72.3 cm³/mol. The Kier molecular flexibility index (Phi) is 3.33. The Labute approximate surface area is 109 Å². The number of nitrogen functional groups attached to an aromatic ring is 1. The molecule has 0 aliphatic heterocycles. The van der Waals surface area contributed by atoms with Gasteiger partial charge in [0.25, 0.3) is 0 Å². The number of hydrogen-bond acceptors (Lipinski definition) is 3. The Hall–Kier alpha value is -1.55. The molecule has 88 valence electrons. The number of rotatable bonds is 2. The first-order valence-corrected chi connectivity index (χ1v) is 6.01. The van der Waals surface area contributed by atoms with Gasteiger partial charge in [-0.25, -0.2) is 4.98 Å². The highest BCUT2D eigenvalue weighted by atomic mass is 79.9. The molecule has 2 N–H and O–H groups in total. The normalized spacial score (nSPS) is 10.3. The number of ether oxygens (including phenoxy) is 1. The van der Waals surface area contributed by atoms with Crippen molar-refractivity contribution in [2.45, 2.75) is 13.8 Å². The second kappa shape index (κ2) is 4.75. The molecular weight excluding hydrogens is 280 g/mol.